The Hall–Kier alpha value is -3.34. The fourth-order valence-electron chi connectivity index (χ4n) is 3.69. The Morgan fingerprint density at radius 3 is 2.12 bits per heavy atom. The van der Waals surface area contributed by atoms with Gasteiger partial charge in [0, 0.05) is 11.5 Å². The summed E-state index contributed by atoms with van der Waals surface area (Å²) < 4.78 is 5.49. The number of furan rings is 1. The van der Waals surface area contributed by atoms with E-state index in [1.165, 1.54) is 6.26 Å². The van der Waals surface area contributed by atoms with Crippen LogP contribution in [-0.2, 0) is 4.79 Å². The third-order valence-corrected chi connectivity index (χ3v) is 4.92. The molecule has 4 rings (SSSR count). The summed E-state index contributed by atoms with van der Waals surface area (Å²) in [7, 11) is 0. The summed E-state index contributed by atoms with van der Waals surface area (Å²) >= 11 is 0. The summed E-state index contributed by atoms with van der Waals surface area (Å²) in [6.45, 7) is 0. The lowest BCUT2D eigenvalue weighted by atomic mass is 10.1. The second-order valence-corrected chi connectivity index (χ2v) is 6.38. The molecule has 1 aliphatic rings. The number of carboxylic acids is 1. The molecule has 0 bridgehead atoms. The highest BCUT2D eigenvalue weighted by Crippen LogP contribution is 2.63. The first kappa shape index (κ1) is 16.1. The van der Waals surface area contributed by atoms with Crippen molar-refractivity contribution < 1.29 is 19.1 Å². The fraction of sp³-hybridized carbons (Fsp3) is 0.143. The highest BCUT2D eigenvalue weighted by Gasteiger charge is 2.73. The molecule has 1 heterocycles. The molecule has 1 aromatic heterocycles. The lowest BCUT2D eigenvalue weighted by Gasteiger charge is -2.16. The average Bonchev–Trinajstić information content (AvgIpc) is 3.04. The van der Waals surface area contributed by atoms with Crippen LogP contribution in [0.2, 0.25) is 0 Å². The van der Waals surface area contributed by atoms with Gasteiger partial charge in [0.05, 0.1) is 12.2 Å². The summed E-state index contributed by atoms with van der Waals surface area (Å²) in [6, 6.07) is 21.4. The van der Waals surface area contributed by atoms with Crippen LogP contribution < -0.4 is 5.32 Å². The van der Waals surface area contributed by atoms with E-state index in [0.717, 1.165) is 5.56 Å². The predicted octanol–water partition coefficient (Wildman–Crippen LogP) is 3.41. The molecular formula is C21H17NO4. The molecular weight excluding hydrogens is 330 g/mol. The van der Waals surface area contributed by atoms with Crippen LogP contribution in [0.15, 0.2) is 83.5 Å². The fourth-order valence-corrected chi connectivity index (χ4v) is 3.69. The maximum absolute atomic E-state index is 12.7. The SMILES string of the molecule is O=C(N[C@@]1(C(=O)O)[C@H](c2ccccc2)[C@H]1c1ccco1)c1ccccc1. The summed E-state index contributed by atoms with van der Waals surface area (Å²) in [6.07, 6.45) is 1.52. The molecule has 130 valence electrons. The zero-order valence-corrected chi connectivity index (χ0v) is 13.8. The molecule has 2 N–H and O–H groups in total. The molecule has 0 aliphatic heterocycles. The maximum atomic E-state index is 12.7. The minimum Gasteiger partial charge on any atom is -0.479 e. The molecule has 5 heteroatoms. The standard InChI is InChI=1S/C21H17NO4/c23-19(15-10-5-2-6-11-15)22-21(20(24)25)17(14-8-3-1-4-9-14)18(21)16-12-7-13-26-16/h1-13,17-18H,(H,22,23)(H,24,25)/t17-,18-,21+/m1/s1. The van der Waals surface area contributed by atoms with Gasteiger partial charge in [0.15, 0.2) is 5.54 Å². The molecule has 0 unspecified atom stereocenters. The van der Waals surface area contributed by atoms with Crippen LogP contribution in [0.25, 0.3) is 0 Å². The molecule has 0 saturated heterocycles. The molecule has 1 saturated carbocycles. The molecule has 3 aromatic rings. The van der Waals surface area contributed by atoms with E-state index in [1.54, 1.807) is 42.5 Å². The summed E-state index contributed by atoms with van der Waals surface area (Å²) in [5.74, 6) is -1.81. The monoisotopic (exact) mass is 347 g/mol. The summed E-state index contributed by atoms with van der Waals surface area (Å²) in [5, 5.41) is 12.8. The minimum absolute atomic E-state index is 0.403. The Bertz CT molecular complexity index is 921. The largest absolute Gasteiger partial charge is 0.479 e. The zero-order chi connectivity index (χ0) is 18.1. The normalized spacial score (nSPS) is 24.0. The number of carbonyl (C=O) groups is 2. The zero-order valence-electron chi connectivity index (χ0n) is 13.8. The molecule has 26 heavy (non-hydrogen) atoms. The Morgan fingerprint density at radius 2 is 1.54 bits per heavy atom. The average molecular weight is 347 g/mol. The predicted molar refractivity (Wildman–Crippen MR) is 94.9 cm³/mol. The highest BCUT2D eigenvalue weighted by molar-refractivity contribution is 6.01. The molecule has 5 nitrogen and oxygen atoms in total. The van der Waals surface area contributed by atoms with Crippen molar-refractivity contribution in [3.63, 3.8) is 0 Å². The molecule has 0 radical (unpaired) electrons. The number of hydrogen-bond donors (Lipinski definition) is 2. The van der Waals surface area contributed by atoms with Gasteiger partial charge in [-0.2, -0.15) is 0 Å². The Labute approximate surface area is 150 Å². The molecule has 1 fully saturated rings. The van der Waals surface area contributed by atoms with Crippen LogP contribution in [0.4, 0.5) is 0 Å². The van der Waals surface area contributed by atoms with E-state index >= 15 is 0 Å². The van der Waals surface area contributed by atoms with Gasteiger partial charge in [-0.1, -0.05) is 48.5 Å². The Balaban J connectivity index is 1.75. The van der Waals surface area contributed by atoms with Gasteiger partial charge in [0.25, 0.3) is 5.91 Å². The van der Waals surface area contributed by atoms with Crippen molar-refractivity contribution in [3.8, 4) is 0 Å². The number of benzene rings is 2. The maximum Gasteiger partial charge on any atom is 0.330 e. The van der Waals surface area contributed by atoms with Crippen molar-refractivity contribution in [2.45, 2.75) is 17.4 Å². The first-order chi connectivity index (χ1) is 12.6. The quantitative estimate of drug-likeness (QED) is 0.741. The Kier molecular flexibility index (Phi) is 3.84. The van der Waals surface area contributed by atoms with Crippen LogP contribution in [0.5, 0.6) is 0 Å². The van der Waals surface area contributed by atoms with E-state index in [-0.39, 0.29) is 0 Å². The van der Waals surface area contributed by atoms with E-state index in [1.807, 2.05) is 30.3 Å². The third-order valence-electron chi connectivity index (χ3n) is 4.92. The highest BCUT2D eigenvalue weighted by atomic mass is 16.4. The smallest absolute Gasteiger partial charge is 0.330 e. The van der Waals surface area contributed by atoms with Gasteiger partial charge in [0.2, 0.25) is 0 Å². The van der Waals surface area contributed by atoms with E-state index in [9.17, 15) is 14.7 Å². The van der Waals surface area contributed by atoms with Gasteiger partial charge in [-0.3, -0.25) is 4.79 Å². The van der Waals surface area contributed by atoms with Gasteiger partial charge in [-0.25, -0.2) is 4.79 Å². The topological polar surface area (TPSA) is 79.5 Å². The molecule has 0 spiro atoms. The van der Waals surface area contributed by atoms with Crippen molar-refractivity contribution >= 4 is 11.9 Å². The van der Waals surface area contributed by atoms with Crippen molar-refractivity contribution in [2.24, 2.45) is 0 Å². The van der Waals surface area contributed by atoms with Gasteiger partial charge in [-0.05, 0) is 29.8 Å². The lowest BCUT2D eigenvalue weighted by molar-refractivity contribution is -0.140. The first-order valence-corrected chi connectivity index (χ1v) is 8.34. The molecule has 3 atom stereocenters. The van der Waals surface area contributed by atoms with Crippen molar-refractivity contribution in [3.05, 3.63) is 95.9 Å². The number of carbonyl (C=O) groups excluding carboxylic acids is 1. The Morgan fingerprint density at radius 1 is 0.885 bits per heavy atom. The van der Waals surface area contributed by atoms with E-state index in [0.29, 0.717) is 11.3 Å². The van der Waals surface area contributed by atoms with E-state index < -0.39 is 29.3 Å². The number of aliphatic carboxylic acids is 1. The summed E-state index contributed by atoms with van der Waals surface area (Å²) in [5.41, 5.74) is -0.165. The number of hydrogen-bond acceptors (Lipinski definition) is 3. The lowest BCUT2D eigenvalue weighted by Crippen LogP contribution is -2.45. The summed E-state index contributed by atoms with van der Waals surface area (Å²) in [4.78, 5) is 25.0. The minimum atomic E-state index is -1.44. The van der Waals surface area contributed by atoms with Crippen LogP contribution in [0.1, 0.15) is 33.5 Å². The van der Waals surface area contributed by atoms with E-state index in [2.05, 4.69) is 5.32 Å². The molecule has 2 aromatic carbocycles. The first-order valence-electron chi connectivity index (χ1n) is 8.34. The van der Waals surface area contributed by atoms with Crippen molar-refractivity contribution in [1.82, 2.24) is 5.32 Å². The van der Waals surface area contributed by atoms with Crippen molar-refractivity contribution in [2.75, 3.05) is 0 Å². The number of amides is 1. The van der Waals surface area contributed by atoms with Gasteiger partial charge in [-0.15, -0.1) is 0 Å². The second-order valence-electron chi connectivity index (χ2n) is 6.38. The van der Waals surface area contributed by atoms with Crippen LogP contribution >= 0.6 is 0 Å². The number of carboxylic acid groups (broad SMARTS) is 1. The van der Waals surface area contributed by atoms with Crippen LogP contribution in [0.3, 0.4) is 0 Å². The molecule has 1 amide bonds. The number of nitrogens with one attached hydrogen (secondary N) is 1. The van der Waals surface area contributed by atoms with Gasteiger partial charge in [0.1, 0.15) is 5.76 Å². The van der Waals surface area contributed by atoms with Crippen molar-refractivity contribution in [1.29, 1.82) is 0 Å². The van der Waals surface area contributed by atoms with Gasteiger partial charge >= 0.3 is 5.97 Å². The number of rotatable bonds is 5. The van der Waals surface area contributed by atoms with Crippen LogP contribution in [-0.4, -0.2) is 22.5 Å². The third kappa shape index (κ3) is 2.49. The van der Waals surface area contributed by atoms with Gasteiger partial charge < -0.3 is 14.8 Å². The second kappa shape index (κ2) is 6.19. The molecule has 1 aliphatic carbocycles. The van der Waals surface area contributed by atoms with Crippen LogP contribution in [0, 0.1) is 0 Å². The van der Waals surface area contributed by atoms with E-state index in [4.69, 9.17) is 4.42 Å².